The molecule has 1 aromatic carbocycles. The van der Waals surface area contributed by atoms with Crippen LogP contribution >= 0.6 is 0 Å². The van der Waals surface area contributed by atoms with Crippen molar-refractivity contribution in [2.24, 2.45) is 5.73 Å². The standard InChI is InChI=1S/C10H13NO2/c1-7-2-4-8(5-3-7)6-9(11)10(12)13/h2-5,9H,6,11H2,1H3,(H,12,13)/t9-/m0/s1/i1-1. The van der Waals surface area contributed by atoms with E-state index >= 15 is 0 Å². The van der Waals surface area contributed by atoms with Gasteiger partial charge >= 0.3 is 5.97 Å². The maximum absolute atomic E-state index is 10.4. The van der Waals surface area contributed by atoms with Crippen molar-refractivity contribution in [3.05, 3.63) is 35.4 Å². The molecule has 0 amide bonds. The van der Waals surface area contributed by atoms with E-state index in [1.807, 2.05) is 31.2 Å². The second kappa shape index (κ2) is 4.05. The summed E-state index contributed by atoms with van der Waals surface area (Å²) in [7, 11) is 0. The van der Waals surface area contributed by atoms with Crippen LogP contribution < -0.4 is 5.73 Å². The van der Waals surface area contributed by atoms with Gasteiger partial charge < -0.3 is 10.8 Å². The van der Waals surface area contributed by atoms with Gasteiger partial charge in [0.1, 0.15) is 6.04 Å². The molecule has 0 fully saturated rings. The summed E-state index contributed by atoms with van der Waals surface area (Å²) in [6, 6.07) is 6.90. The maximum atomic E-state index is 10.4. The second-order valence-electron chi connectivity index (χ2n) is 3.13. The number of hydrogen-bond donors (Lipinski definition) is 2. The minimum atomic E-state index is -0.958. The normalized spacial score (nSPS) is 12.5. The number of nitrogens with two attached hydrogens (primary N) is 1. The minimum Gasteiger partial charge on any atom is -0.480 e. The highest BCUT2D eigenvalue weighted by Crippen LogP contribution is 2.05. The van der Waals surface area contributed by atoms with Crippen molar-refractivity contribution in [3.8, 4) is 0 Å². The lowest BCUT2D eigenvalue weighted by molar-refractivity contribution is -0.138. The molecule has 0 unspecified atom stereocenters. The van der Waals surface area contributed by atoms with E-state index in [2.05, 4.69) is 0 Å². The van der Waals surface area contributed by atoms with Crippen LogP contribution in [-0.4, -0.2) is 17.1 Å². The van der Waals surface area contributed by atoms with Gasteiger partial charge in [-0.05, 0) is 18.9 Å². The number of hydrogen-bond acceptors (Lipinski definition) is 2. The molecule has 3 nitrogen and oxygen atoms in total. The van der Waals surface area contributed by atoms with Gasteiger partial charge in [0.25, 0.3) is 0 Å². The van der Waals surface area contributed by atoms with Gasteiger partial charge in [0, 0.05) is 0 Å². The molecular weight excluding hydrogens is 165 g/mol. The molecule has 0 bridgehead atoms. The van der Waals surface area contributed by atoms with Crippen LogP contribution in [-0.2, 0) is 11.2 Å². The van der Waals surface area contributed by atoms with E-state index in [1.165, 1.54) is 0 Å². The molecule has 0 aliphatic rings. The van der Waals surface area contributed by atoms with Gasteiger partial charge in [0.05, 0.1) is 0 Å². The highest BCUT2D eigenvalue weighted by molar-refractivity contribution is 5.73. The Balaban J connectivity index is 2.64. The molecule has 1 rings (SSSR count). The van der Waals surface area contributed by atoms with Gasteiger partial charge in [-0.3, -0.25) is 4.79 Å². The van der Waals surface area contributed by atoms with Crippen LogP contribution in [0.3, 0.4) is 0 Å². The van der Waals surface area contributed by atoms with Crippen molar-refractivity contribution in [2.75, 3.05) is 0 Å². The average Bonchev–Trinajstić information content (AvgIpc) is 2.08. The summed E-state index contributed by atoms with van der Waals surface area (Å²) in [5.41, 5.74) is 7.51. The van der Waals surface area contributed by atoms with E-state index in [1.54, 1.807) is 0 Å². The van der Waals surface area contributed by atoms with Crippen molar-refractivity contribution in [1.82, 2.24) is 0 Å². The lowest BCUT2D eigenvalue weighted by Gasteiger charge is -2.05. The van der Waals surface area contributed by atoms with E-state index < -0.39 is 12.0 Å². The van der Waals surface area contributed by atoms with Crippen LogP contribution in [0.2, 0.25) is 0 Å². The lowest BCUT2D eigenvalue weighted by atomic mass is 9.99. The molecule has 3 heteroatoms. The molecule has 0 aliphatic carbocycles. The van der Waals surface area contributed by atoms with E-state index in [0.717, 1.165) is 11.1 Å². The number of carbonyl (C=O) groups is 1. The molecule has 1 aromatic rings. The Hall–Kier alpha value is -1.35. The highest BCUT2D eigenvalue weighted by Gasteiger charge is 2.11. The topological polar surface area (TPSA) is 63.3 Å². The van der Waals surface area contributed by atoms with Crippen LogP contribution in [0.25, 0.3) is 0 Å². The van der Waals surface area contributed by atoms with E-state index in [9.17, 15) is 4.79 Å². The molecule has 0 heterocycles. The first-order chi connectivity index (χ1) is 6.09. The minimum absolute atomic E-state index is 0.385. The van der Waals surface area contributed by atoms with E-state index in [-0.39, 0.29) is 0 Å². The number of rotatable bonds is 3. The largest absolute Gasteiger partial charge is 0.480 e. The van der Waals surface area contributed by atoms with Crippen molar-refractivity contribution in [3.63, 3.8) is 0 Å². The summed E-state index contributed by atoms with van der Waals surface area (Å²) in [6.07, 6.45) is 0.385. The molecule has 70 valence electrons. The Morgan fingerprint density at radius 2 is 2.00 bits per heavy atom. The van der Waals surface area contributed by atoms with Crippen molar-refractivity contribution in [2.45, 2.75) is 19.4 Å². The Kier molecular flexibility index (Phi) is 3.03. The Bertz CT molecular complexity index is 292. The van der Waals surface area contributed by atoms with Gasteiger partial charge in [-0.25, -0.2) is 0 Å². The first-order valence-corrected chi connectivity index (χ1v) is 4.13. The number of aryl methyl sites for hydroxylation is 1. The van der Waals surface area contributed by atoms with Crippen molar-refractivity contribution in [1.29, 1.82) is 0 Å². The zero-order valence-corrected chi connectivity index (χ0v) is 7.53. The molecular formula is C10H13NO2. The van der Waals surface area contributed by atoms with Crippen LogP contribution in [0.4, 0.5) is 0 Å². The van der Waals surface area contributed by atoms with Gasteiger partial charge in [-0.15, -0.1) is 0 Å². The monoisotopic (exact) mass is 178 g/mol. The second-order valence-corrected chi connectivity index (χ2v) is 3.13. The van der Waals surface area contributed by atoms with Crippen molar-refractivity contribution >= 4 is 5.97 Å². The molecule has 0 aliphatic heterocycles. The van der Waals surface area contributed by atoms with Crippen LogP contribution in [0, 0.1) is 6.92 Å². The summed E-state index contributed by atoms with van der Waals surface area (Å²) in [6.45, 7) is 1.99. The molecule has 0 spiro atoms. The molecule has 0 aromatic heterocycles. The third-order valence-corrected chi connectivity index (χ3v) is 1.89. The summed E-state index contributed by atoms with van der Waals surface area (Å²) in [5.74, 6) is -0.958. The third kappa shape index (κ3) is 2.87. The summed E-state index contributed by atoms with van der Waals surface area (Å²) < 4.78 is 0. The predicted octanol–water partition coefficient (Wildman–Crippen LogP) is 0.949. The molecule has 3 N–H and O–H groups in total. The molecule has 0 saturated carbocycles. The lowest BCUT2D eigenvalue weighted by Crippen LogP contribution is -2.32. The summed E-state index contributed by atoms with van der Waals surface area (Å²) in [4.78, 5) is 10.4. The maximum Gasteiger partial charge on any atom is 0.320 e. The smallest absolute Gasteiger partial charge is 0.320 e. The molecule has 0 saturated heterocycles. The fourth-order valence-corrected chi connectivity index (χ4v) is 1.07. The van der Waals surface area contributed by atoms with E-state index in [0.29, 0.717) is 6.42 Å². The Morgan fingerprint density at radius 3 is 2.46 bits per heavy atom. The Labute approximate surface area is 77.2 Å². The quantitative estimate of drug-likeness (QED) is 0.724. The van der Waals surface area contributed by atoms with Gasteiger partial charge in [-0.1, -0.05) is 29.8 Å². The fourth-order valence-electron chi connectivity index (χ4n) is 1.07. The number of carboxylic acid groups (broad SMARTS) is 1. The highest BCUT2D eigenvalue weighted by atomic mass is 16.4. The predicted molar refractivity (Wildman–Crippen MR) is 50.5 cm³/mol. The average molecular weight is 178 g/mol. The number of benzene rings is 1. The molecule has 0 radical (unpaired) electrons. The van der Waals surface area contributed by atoms with Crippen LogP contribution in [0.5, 0.6) is 0 Å². The first kappa shape index (κ1) is 9.74. The van der Waals surface area contributed by atoms with Crippen molar-refractivity contribution < 1.29 is 9.90 Å². The third-order valence-electron chi connectivity index (χ3n) is 1.89. The molecule has 13 heavy (non-hydrogen) atoms. The van der Waals surface area contributed by atoms with E-state index in [4.69, 9.17) is 10.8 Å². The SMILES string of the molecule is [11CH3]c1ccc(C[C@H](N)C(=O)O)cc1. The zero-order valence-electron chi connectivity index (χ0n) is 7.53. The number of aliphatic carboxylic acids is 1. The van der Waals surface area contributed by atoms with Gasteiger partial charge in [-0.2, -0.15) is 0 Å². The van der Waals surface area contributed by atoms with Crippen LogP contribution in [0.15, 0.2) is 24.3 Å². The fraction of sp³-hybridized carbons (Fsp3) is 0.300. The van der Waals surface area contributed by atoms with Gasteiger partial charge in [0.15, 0.2) is 0 Å². The number of carboxylic acids is 1. The zero-order chi connectivity index (χ0) is 9.84. The first-order valence-electron chi connectivity index (χ1n) is 4.13. The summed E-state index contributed by atoms with van der Waals surface area (Å²) >= 11 is 0. The van der Waals surface area contributed by atoms with Crippen LogP contribution in [0.1, 0.15) is 11.1 Å². The Morgan fingerprint density at radius 1 is 1.46 bits per heavy atom. The van der Waals surface area contributed by atoms with Gasteiger partial charge in [0.2, 0.25) is 0 Å². The molecule has 1 atom stereocenters. The summed E-state index contributed by atoms with van der Waals surface area (Å²) in [5, 5.41) is 8.57.